The number of nitrogens with one attached hydrogen (secondary N) is 1. The Bertz CT molecular complexity index is 635. The second kappa shape index (κ2) is 6.49. The van der Waals surface area contributed by atoms with E-state index in [1.54, 1.807) is 5.38 Å². The SMILES string of the molecule is Nc1nc(C(=O)Nc2ccccc2SC2CCCC2)cs1. The molecule has 3 rings (SSSR count). The highest BCUT2D eigenvalue weighted by atomic mass is 32.2. The lowest BCUT2D eigenvalue weighted by Crippen LogP contribution is -2.13. The first kappa shape index (κ1) is 14.4. The Morgan fingerprint density at radius 2 is 2.10 bits per heavy atom. The number of carbonyl (C=O) groups is 1. The molecule has 2 aromatic rings. The summed E-state index contributed by atoms with van der Waals surface area (Å²) in [7, 11) is 0. The molecule has 1 aliphatic carbocycles. The Morgan fingerprint density at radius 1 is 1.33 bits per heavy atom. The zero-order chi connectivity index (χ0) is 14.7. The van der Waals surface area contributed by atoms with Crippen molar-refractivity contribution in [2.24, 2.45) is 0 Å². The summed E-state index contributed by atoms with van der Waals surface area (Å²) in [4.78, 5) is 17.3. The van der Waals surface area contributed by atoms with Crippen LogP contribution in [-0.4, -0.2) is 16.1 Å². The van der Waals surface area contributed by atoms with Crippen molar-refractivity contribution >= 4 is 39.8 Å². The summed E-state index contributed by atoms with van der Waals surface area (Å²) in [6.07, 6.45) is 5.14. The fraction of sp³-hybridized carbons (Fsp3) is 0.333. The van der Waals surface area contributed by atoms with Gasteiger partial charge in [-0.3, -0.25) is 4.79 Å². The van der Waals surface area contributed by atoms with E-state index in [1.807, 2.05) is 30.0 Å². The van der Waals surface area contributed by atoms with Crippen molar-refractivity contribution in [1.29, 1.82) is 0 Å². The summed E-state index contributed by atoms with van der Waals surface area (Å²) in [6, 6.07) is 7.94. The quantitative estimate of drug-likeness (QED) is 0.893. The van der Waals surface area contributed by atoms with Crippen LogP contribution in [0.15, 0.2) is 34.5 Å². The number of thiazole rings is 1. The maximum Gasteiger partial charge on any atom is 0.275 e. The number of hydrogen-bond donors (Lipinski definition) is 2. The monoisotopic (exact) mass is 319 g/mol. The van der Waals surface area contributed by atoms with Crippen LogP contribution in [0.25, 0.3) is 0 Å². The fourth-order valence-corrected chi connectivity index (χ4v) is 4.31. The van der Waals surface area contributed by atoms with Crippen LogP contribution in [0.4, 0.5) is 10.8 Å². The van der Waals surface area contributed by atoms with Gasteiger partial charge in [0, 0.05) is 15.5 Å². The first-order chi connectivity index (χ1) is 10.2. The molecular formula is C15H17N3OS2. The van der Waals surface area contributed by atoms with Crippen LogP contribution in [0.1, 0.15) is 36.2 Å². The van der Waals surface area contributed by atoms with Gasteiger partial charge in [-0.15, -0.1) is 23.1 Å². The number of aromatic nitrogens is 1. The summed E-state index contributed by atoms with van der Waals surface area (Å²) in [5.74, 6) is -0.206. The van der Waals surface area contributed by atoms with Crippen molar-refractivity contribution in [3.05, 3.63) is 35.3 Å². The van der Waals surface area contributed by atoms with Gasteiger partial charge in [-0.2, -0.15) is 0 Å². The van der Waals surface area contributed by atoms with Crippen molar-refractivity contribution in [2.45, 2.75) is 35.8 Å². The minimum Gasteiger partial charge on any atom is -0.375 e. The highest BCUT2D eigenvalue weighted by Crippen LogP contribution is 2.38. The van der Waals surface area contributed by atoms with Crippen molar-refractivity contribution in [3.8, 4) is 0 Å². The summed E-state index contributed by atoms with van der Waals surface area (Å²) in [5, 5.41) is 5.70. The Hall–Kier alpha value is -1.53. The molecule has 0 saturated heterocycles. The molecule has 0 radical (unpaired) electrons. The first-order valence-electron chi connectivity index (χ1n) is 7.00. The fourth-order valence-electron chi connectivity index (χ4n) is 2.44. The van der Waals surface area contributed by atoms with Crippen molar-refractivity contribution in [2.75, 3.05) is 11.1 Å². The molecule has 110 valence electrons. The predicted octanol–water partition coefficient (Wildman–Crippen LogP) is 4.01. The highest BCUT2D eigenvalue weighted by Gasteiger charge is 2.18. The molecular weight excluding hydrogens is 302 g/mol. The van der Waals surface area contributed by atoms with Gasteiger partial charge >= 0.3 is 0 Å². The van der Waals surface area contributed by atoms with E-state index < -0.39 is 0 Å². The number of nitrogen functional groups attached to an aromatic ring is 1. The normalized spacial score (nSPS) is 15.2. The van der Waals surface area contributed by atoms with Crippen LogP contribution in [0.2, 0.25) is 0 Å². The van der Waals surface area contributed by atoms with Crippen LogP contribution >= 0.6 is 23.1 Å². The van der Waals surface area contributed by atoms with Crippen molar-refractivity contribution in [3.63, 3.8) is 0 Å². The minimum absolute atomic E-state index is 0.206. The number of carbonyl (C=O) groups excluding carboxylic acids is 1. The maximum absolute atomic E-state index is 12.2. The van der Waals surface area contributed by atoms with E-state index in [4.69, 9.17) is 5.73 Å². The molecule has 1 fully saturated rings. The number of nitrogens with two attached hydrogens (primary N) is 1. The molecule has 3 N–H and O–H groups in total. The second-order valence-electron chi connectivity index (χ2n) is 5.05. The number of amides is 1. The molecule has 6 heteroatoms. The molecule has 1 amide bonds. The summed E-state index contributed by atoms with van der Waals surface area (Å²) < 4.78 is 0. The van der Waals surface area contributed by atoms with E-state index in [0.717, 1.165) is 10.6 Å². The molecule has 0 bridgehead atoms. The third kappa shape index (κ3) is 3.57. The molecule has 21 heavy (non-hydrogen) atoms. The Morgan fingerprint density at radius 3 is 2.81 bits per heavy atom. The zero-order valence-corrected chi connectivity index (χ0v) is 13.2. The number of thioether (sulfide) groups is 1. The zero-order valence-electron chi connectivity index (χ0n) is 11.5. The largest absolute Gasteiger partial charge is 0.375 e. The van der Waals surface area contributed by atoms with Gasteiger partial charge in [0.25, 0.3) is 5.91 Å². The van der Waals surface area contributed by atoms with Crippen LogP contribution in [-0.2, 0) is 0 Å². The molecule has 1 heterocycles. The number of hydrogen-bond acceptors (Lipinski definition) is 5. The van der Waals surface area contributed by atoms with E-state index in [1.165, 1.54) is 37.0 Å². The molecule has 0 atom stereocenters. The van der Waals surface area contributed by atoms with Crippen molar-refractivity contribution in [1.82, 2.24) is 4.98 Å². The molecule has 0 unspecified atom stereocenters. The van der Waals surface area contributed by atoms with E-state index in [2.05, 4.69) is 16.4 Å². The molecule has 1 aromatic carbocycles. The van der Waals surface area contributed by atoms with Crippen LogP contribution in [0, 0.1) is 0 Å². The van der Waals surface area contributed by atoms with Gasteiger partial charge in [-0.05, 0) is 25.0 Å². The third-order valence-corrected chi connectivity index (χ3v) is 5.57. The Labute approximate surface area is 132 Å². The van der Waals surface area contributed by atoms with E-state index in [9.17, 15) is 4.79 Å². The Balaban J connectivity index is 1.73. The lowest BCUT2D eigenvalue weighted by atomic mass is 10.3. The number of para-hydroxylation sites is 1. The highest BCUT2D eigenvalue weighted by molar-refractivity contribution is 8.00. The van der Waals surface area contributed by atoms with Crippen LogP contribution in [0.3, 0.4) is 0 Å². The Kier molecular flexibility index (Phi) is 4.45. The van der Waals surface area contributed by atoms with Gasteiger partial charge in [0.05, 0.1) is 5.69 Å². The molecule has 0 spiro atoms. The number of rotatable bonds is 4. The molecule has 1 saturated carbocycles. The third-order valence-electron chi connectivity index (χ3n) is 3.49. The first-order valence-corrected chi connectivity index (χ1v) is 8.76. The molecule has 4 nitrogen and oxygen atoms in total. The van der Waals surface area contributed by atoms with Gasteiger partial charge in [-0.25, -0.2) is 4.98 Å². The van der Waals surface area contributed by atoms with E-state index in [0.29, 0.717) is 16.1 Å². The summed E-state index contributed by atoms with van der Waals surface area (Å²) >= 11 is 3.14. The van der Waals surface area contributed by atoms with Gasteiger partial charge in [0.2, 0.25) is 0 Å². The van der Waals surface area contributed by atoms with Gasteiger partial charge in [0.15, 0.2) is 5.13 Å². The average molecular weight is 319 g/mol. The van der Waals surface area contributed by atoms with Crippen LogP contribution < -0.4 is 11.1 Å². The predicted molar refractivity (Wildman–Crippen MR) is 89.0 cm³/mol. The lowest BCUT2D eigenvalue weighted by Gasteiger charge is -2.13. The van der Waals surface area contributed by atoms with E-state index in [-0.39, 0.29) is 5.91 Å². The van der Waals surface area contributed by atoms with Gasteiger partial charge < -0.3 is 11.1 Å². The average Bonchev–Trinajstić information content (AvgIpc) is 3.12. The van der Waals surface area contributed by atoms with Crippen molar-refractivity contribution < 1.29 is 4.79 Å². The standard InChI is InChI=1S/C15H17N3OS2/c16-15-18-12(9-20-15)14(19)17-11-7-3-4-8-13(11)21-10-5-1-2-6-10/h3-4,7-10H,1-2,5-6H2,(H2,16,18)(H,17,19). The number of nitrogens with zero attached hydrogens (tertiary/aromatic N) is 1. The summed E-state index contributed by atoms with van der Waals surface area (Å²) in [6.45, 7) is 0. The molecule has 1 aromatic heterocycles. The van der Waals surface area contributed by atoms with Crippen LogP contribution in [0.5, 0.6) is 0 Å². The van der Waals surface area contributed by atoms with E-state index >= 15 is 0 Å². The van der Waals surface area contributed by atoms with Gasteiger partial charge in [0.1, 0.15) is 5.69 Å². The lowest BCUT2D eigenvalue weighted by molar-refractivity contribution is 0.102. The summed E-state index contributed by atoms with van der Waals surface area (Å²) in [5.41, 5.74) is 6.80. The van der Waals surface area contributed by atoms with Gasteiger partial charge in [-0.1, -0.05) is 25.0 Å². The minimum atomic E-state index is -0.206. The second-order valence-corrected chi connectivity index (χ2v) is 7.28. The molecule has 1 aliphatic rings. The topological polar surface area (TPSA) is 68.0 Å². The molecule has 0 aliphatic heterocycles. The maximum atomic E-state index is 12.2. The number of anilines is 2. The smallest absolute Gasteiger partial charge is 0.275 e. The number of benzene rings is 1.